The number of nitrogens with zero attached hydrogens (tertiary/aromatic N) is 1. The normalized spacial score (nSPS) is 30.2. The first-order valence-electron chi connectivity index (χ1n) is 7.20. The molecule has 5 nitrogen and oxygen atoms in total. The van der Waals surface area contributed by atoms with E-state index in [0.717, 1.165) is 25.8 Å². The van der Waals surface area contributed by atoms with Crippen molar-refractivity contribution in [3.8, 4) is 0 Å². The second-order valence-electron chi connectivity index (χ2n) is 6.30. The number of hydrogen-bond acceptors (Lipinski definition) is 3. The van der Waals surface area contributed by atoms with Crippen LogP contribution >= 0.6 is 0 Å². The first-order valence-corrected chi connectivity index (χ1v) is 7.20. The zero-order valence-corrected chi connectivity index (χ0v) is 12.2. The summed E-state index contributed by atoms with van der Waals surface area (Å²) in [4.78, 5) is 26.5. The summed E-state index contributed by atoms with van der Waals surface area (Å²) in [5.74, 6) is 0.159. The van der Waals surface area contributed by atoms with Gasteiger partial charge in [-0.15, -0.1) is 0 Å². The fourth-order valence-corrected chi connectivity index (χ4v) is 3.35. The molecule has 1 heterocycles. The highest BCUT2D eigenvalue weighted by atomic mass is 16.2. The van der Waals surface area contributed by atoms with Crippen LogP contribution in [0.5, 0.6) is 0 Å². The third-order valence-electron chi connectivity index (χ3n) is 4.63. The first-order chi connectivity index (χ1) is 8.97. The molecule has 1 aliphatic carbocycles. The summed E-state index contributed by atoms with van der Waals surface area (Å²) in [6, 6.07) is -0.359. The summed E-state index contributed by atoms with van der Waals surface area (Å²) in [6.45, 7) is 6.29. The Hall–Kier alpha value is -1.10. The molecule has 0 bridgehead atoms. The number of nitrogens with one attached hydrogen (secondary N) is 2. The van der Waals surface area contributed by atoms with E-state index in [1.165, 1.54) is 0 Å². The number of likely N-dealkylation sites (N-methyl/N-ethyl adjacent to an activating group) is 1. The molecule has 1 saturated carbocycles. The summed E-state index contributed by atoms with van der Waals surface area (Å²) in [5, 5.41) is 5.85. The summed E-state index contributed by atoms with van der Waals surface area (Å²) in [5.41, 5.74) is 0.0647. The highest BCUT2D eigenvalue weighted by molar-refractivity contribution is 5.89. The summed E-state index contributed by atoms with van der Waals surface area (Å²) in [6.07, 6.45) is 3.16. The molecule has 2 fully saturated rings. The van der Waals surface area contributed by atoms with Crippen LogP contribution in [-0.2, 0) is 9.59 Å². The average Bonchev–Trinajstić information content (AvgIpc) is 2.76. The Morgan fingerprint density at radius 2 is 2.11 bits per heavy atom. The van der Waals surface area contributed by atoms with Crippen LogP contribution in [0.25, 0.3) is 0 Å². The molecule has 1 saturated heterocycles. The predicted molar refractivity (Wildman–Crippen MR) is 73.6 cm³/mol. The van der Waals surface area contributed by atoms with Gasteiger partial charge >= 0.3 is 0 Å². The van der Waals surface area contributed by atoms with E-state index in [9.17, 15) is 9.59 Å². The summed E-state index contributed by atoms with van der Waals surface area (Å²) >= 11 is 0. The fourth-order valence-electron chi connectivity index (χ4n) is 3.35. The van der Waals surface area contributed by atoms with Crippen LogP contribution in [0.4, 0.5) is 0 Å². The molecule has 5 heteroatoms. The lowest BCUT2D eigenvalue weighted by molar-refractivity contribution is -0.146. The molecule has 2 amide bonds. The lowest BCUT2D eigenvalue weighted by Gasteiger charge is -2.39. The van der Waals surface area contributed by atoms with Crippen LogP contribution < -0.4 is 10.6 Å². The molecule has 2 N–H and O–H groups in total. The molecule has 0 radical (unpaired) electrons. The van der Waals surface area contributed by atoms with Crippen molar-refractivity contribution >= 4 is 11.8 Å². The average molecular weight is 267 g/mol. The quantitative estimate of drug-likeness (QED) is 0.759. The smallest absolute Gasteiger partial charge is 0.243 e. The molecule has 2 atom stereocenters. The van der Waals surface area contributed by atoms with Gasteiger partial charge in [-0.1, -0.05) is 20.3 Å². The van der Waals surface area contributed by atoms with Gasteiger partial charge in [0.25, 0.3) is 0 Å². The number of carbonyl (C=O) groups excluding carboxylic acids is 2. The Bertz CT molecular complexity index is 368. The van der Waals surface area contributed by atoms with Crippen LogP contribution in [0.1, 0.15) is 33.1 Å². The molecule has 1 aliphatic heterocycles. The largest absolute Gasteiger partial charge is 0.357 e. The van der Waals surface area contributed by atoms with Crippen LogP contribution in [-0.4, -0.2) is 49.4 Å². The number of amides is 2. The van der Waals surface area contributed by atoms with Crippen molar-refractivity contribution in [1.29, 1.82) is 0 Å². The van der Waals surface area contributed by atoms with E-state index in [2.05, 4.69) is 24.5 Å². The van der Waals surface area contributed by atoms with Gasteiger partial charge in [0.05, 0.1) is 0 Å². The van der Waals surface area contributed by atoms with Crippen LogP contribution in [0, 0.1) is 11.3 Å². The molecule has 2 rings (SSSR count). The molecule has 0 aromatic heterocycles. The Morgan fingerprint density at radius 1 is 1.37 bits per heavy atom. The molecular weight excluding hydrogens is 242 g/mol. The number of carbonyl (C=O) groups is 2. The summed E-state index contributed by atoms with van der Waals surface area (Å²) in [7, 11) is 1.62. The lowest BCUT2D eigenvalue weighted by Crippen LogP contribution is -2.60. The number of rotatable bonds is 2. The third-order valence-corrected chi connectivity index (χ3v) is 4.63. The second kappa shape index (κ2) is 5.49. The van der Waals surface area contributed by atoms with E-state index < -0.39 is 0 Å². The Kier molecular flexibility index (Phi) is 4.13. The van der Waals surface area contributed by atoms with E-state index in [1.807, 2.05) is 0 Å². The monoisotopic (exact) mass is 267 g/mol. The van der Waals surface area contributed by atoms with E-state index in [-0.39, 0.29) is 29.2 Å². The predicted octanol–water partition coefficient (Wildman–Crippen LogP) is 0.359. The van der Waals surface area contributed by atoms with Gasteiger partial charge < -0.3 is 15.5 Å². The van der Waals surface area contributed by atoms with E-state index in [1.54, 1.807) is 11.9 Å². The van der Waals surface area contributed by atoms with E-state index in [0.29, 0.717) is 13.1 Å². The maximum atomic E-state index is 12.8. The molecule has 19 heavy (non-hydrogen) atoms. The van der Waals surface area contributed by atoms with Gasteiger partial charge in [0.1, 0.15) is 6.04 Å². The zero-order valence-electron chi connectivity index (χ0n) is 12.2. The molecule has 2 aliphatic rings. The lowest BCUT2D eigenvalue weighted by atomic mass is 9.80. The highest BCUT2D eigenvalue weighted by Crippen LogP contribution is 2.43. The van der Waals surface area contributed by atoms with Crippen LogP contribution in [0.2, 0.25) is 0 Å². The van der Waals surface area contributed by atoms with Crippen molar-refractivity contribution in [2.24, 2.45) is 11.3 Å². The van der Waals surface area contributed by atoms with Crippen LogP contribution in [0.15, 0.2) is 0 Å². The highest BCUT2D eigenvalue weighted by Gasteiger charge is 2.43. The standard InChI is InChI=1S/C14H25N3O2/c1-14(2)6-4-5-10(14)13(19)17-8-7-16-9-11(17)12(18)15-3/h10-11,16H,4-9H2,1-3H3,(H,15,18). The van der Waals surface area contributed by atoms with Crippen molar-refractivity contribution < 1.29 is 9.59 Å². The second-order valence-corrected chi connectivity index (χ2v) is 6.30. The van der Waals surface area contributed by atoms with Crippen LogP contribution in [0.3, 0.4) is 0 Å². The Balaban J connectivity index is 2.13. The van der Waals surface area contributed by atoms with Gasteiger partial charge in [0.15, 0.2) is 0 Å². The molecule has 0 spiro atoms. The molecule has 0 aromatic rings. The van der Waals surface area contributed by atoms with Crippen molar-refractivity contribution in [3.05, 3.63) is 0 Å². The van der Waals surface area contributed by atoms with Gasteiger partial charge in [-0.25, -0.2) is 0 Å². The van der Waals surface area contributed by atoms with Crippen molar-refractivity contribution in [3.63, 3.8) is 0 Å². The number of hydrogen-bond donors (Lipinski definition) is 2. The Labute approximate surface area is 115 Å². The first kappa shape index (κ1) is 14.3. The van der Waals surface area contributed by atoms with Gasteiger partial charge in [-0.3, -0.25) is 9.59 Å². The van der Waals surface area contributed by atoms with Gasteiger partial charge in [0, 0.05) is 32.6 Å². The topological polar surface area (TPSA) is 61.4 Å². The molecule has 108 valence electrons. The minimum Gasteiger partial charge on any atom is -0.357 e. The fraction of sp³-hybridized carbons (Fsp3) is 0.857. The van der Waals surface area contributed by atoms with E-state index in [4.69, 9.17) is 0 Å². The van der Waals surface area contributed by atoms with Crippen molar-refractivity contribution in [2.45, 2.75) is 39.2 Å². The SMILES string of the molecule is CNC(=O)C1CNCCN1C(=O)C1CCCC1(C)C. The third kappa shape index (κ3) is 2.76. The Morgan fingerprint density at radius 3 is 2.68 bits per heavy atom. The van der Waals surface area contributed by atoms with Crippen molar-refractivity contribution in [2.75, 3.05) is 26.7 Å². The van der Waals surface area contributed by atoms with Gasteiger partial charge in [-0.2, -0.15) is 0 Å². The molecule has 0 aromatic carbocycles. The zero-order chi connectivity index (χ0) is 14.0. The van der Waals surface area contributed by atoms with E-state index >= 15 is 0 Å². The molecular formula is C14H25N3O2. The van der Waals surface area contributed by atoms with Gasteiger partial charge in [0.2, 0.25) is 11.8 Å². The maximum Gasteiger partial charge on any atom is 0.243 e. The minimum atomic E-state index is -0.359. The minimum absolute atomic E-state index is 0.0647. The summed E-state index contributed by atoms with van der Waals surface area (Å²) < 4.78 is 0. The molecule has 2 unspecified atom stereocenters. The number of piperazine rings is 1. The van der Waals surface area contributed by atoms with Gasteiger partial charge in [-0.05, 0) is 18.3 Å². The maximum absolute atomic E-state index is 12.8. The van der Waals surface area contributed by atoms with Crippen molar-refractivity contribution in [1.82, 2.24) is 15.5 Å².